The monoisotopic (exact) mass is 275 g/mol. The standard InChI is InChI=1S/C8H3BrClNOS/c9-7-2-1-5(10)3-6(7)8(12)11-4-13/h1-3H. The van der Waals surface area contributed by atoms with Gasteiger partial charge in [0.15, 0.2) is 0 Å². The molecule has 66 valence electrons. The largest absolute Gasteiger partial charge is 0.287 e. The predicted octanol–water partition coefficient (Wildman–Crippen LogP) is 3.35. The molecule has 1 aromatic carbocycles. The summed E-state index contributed by atoms with van der Waals surface area (Å²) >= 11 is 13.2. The lowest BCUT2D eigenvalue weighted by Gasteiger charge is -1.98. The fourth-order valence-electron chi connectivity index (χ4n) is 0.763. The van der Waals surface area contributed by atoms with Crippen LogP contribution in [0.1, 0.15) is 10.4 Å². The first-order valence-corrected chi connectivity index (χ1v) is 4.80. The van der Waals surface area contributed by atoms with Gasteiger partial charge in [0.25, 0.3) is 5.91 Å². The number of thiocarbonyl (C=S) groups is 1. The molecule has 0 bridgehead atoms. The lowest BCUT2D eigenvalue weighted by Crippen LogP contribution is -1.95. The van der Waals surface area contributed by atoms with Gasteiger partial charge in [-0.15, -0.1) is 0 Å². The van der Waals surface area contributed by atoms with Crippen molar-refractivity contribution in [2.75, 3.05) is 0 Å². The van der Waals surface area contributed by atoms with E-state index in [-0.39, 0.29) is 0 Å². The number of rotatable bonds is 1. The van der Waals surface area contributed by atoms with Crippen LogP contribution < -0.4 is 0 Å². The van der Waals surface area contributed by atoms with E-state index in [0.717, 1.165) is 0 Å². The third kappa shape index (κ3) is 2.71. The molecule has 0 aliphatic carbocycles. The zero-order valence-electron chi connectivity index (χ0n) is 6.25. The average molecular weight is 277 g/mol. The number of nitrogens with zero attached hydrogens (tertiary/aromatic N) is 1. The third-order valence-electron chi connectivity index (χ3n) is 1.31. The quantitative estimate of drug-likeness (QED) is 0.581. The summed E-state index contributed by atoms with van der Waals surface area (Å²) in [4.78, 5) is 14.6. The molecule has 13 heavy (non-hydrogen) atoms. The Hall–Kier alpha value is -0.540. The van der Waals surface area contributed by atoms with Crippen molar-refractivity contribution in [1.82, 2.24) is 0 Å². The number of carbonyl (C=O) groups is 1. The molecule has 5 heteroatoms. The summed E-state index contributed by atoms with van der Waals surface area (Å²) in [5.74, 6) is -0.454. The summed E-state index contributed by atoms with van der Waals surface area (Å²) in [7, 11) is 0. The van der Waals surface area contributed by atoms with Crippen molar-refractivity contribution in [2.24, 2.45) is 4.99 Å². The Morgan fingerprint density at radius 3 is 2.92 bits per heavy atom. The van der Waals surface area contributed by atoms with Gasteiger partial charge in [-0.3, -0.25) is 4.79 Å². The summed E-state index contributed by atoms with van der Waals surface area (Å²) in [6.07, 6.45) is 0. The highest BCUT2D eigenvalue weighted by Crippen LogP contribution is 2.21. The van der Waals surface area contributed by atoms with E-state index in [1.807, 2.05) is 5.16 Å². The predicted molar refractivity (Wildman–Crippen MR) is 58.5 cm³/mol. The van der Waals surface area contributed by atoms with Gasteiger partial charge in [-0.2, -0.15) is 4.99 Å². The number of benzene rings is 1. The van der Waals surface area contributed by atoms with Crippen molar-refractivity contribution in [2.45, 2.75) is 0 Å². The molecule has 0 unspecified atom stereocenters. The first-order valence-electron chi connectivity index (χ1n) is 3.22. The van der Waals surface area contributed by atoms with Crippen molar-refractivity contribution < 1.29 is 4.79 Å². The molecule has 0 atom stereocenters. The van der Waals surface area contributed by atoms with Crippen LogP contribution in [0.15, 0.2) is 27.7 Å². The number of hydrogen-bond donors (Lipinski definition) is 0. The molecule has 0 N–H and O–H groups in total. The summed E-state index contributed by atoms with van der Waals surface area (Å²) < 4.78 is 0.635. The second-order valence-corrected chi connectivity index (χ2v) is 3.61. The lowest BCUT2D eigenvalue weighted by atomic mass is 10.2. The summed E-state index contributed by atoms with van der Waals surface area (Å²) in [6.45, 7) is 0. The Balaban J connectivity index is 3.20. The number of isothiocyanates is 1. The van der Waals surface area contributed by atoms with Crippen LogP contribution in [0.5, 0.6) is 0 Å². The van der Waals surface area contributed by atoms with Crippen molar-refractivity contribution in [3.8, 4) is 0 Å². The maximum absolute atomic E-state index is 11.2. The molecular weight excluding hydrogens is 274 g/mol. The smallest absolute Gasteiger partial charge is 0.266 e. The molecule has 0 saturated carbocycles. The van der Waals surface area contributed by atoms with Crippen molar-refractivity contribution in [3.63, 3.8) is 0 Å². The van der Waals surface area contributed by atoms with Crippen LogP contribution in [0.25, 0.3) is 0 Å². The maximum atomic E-state index is 11.2. The molecule has 0 aromatic heterocycles. The fraction of sp³-hybridized carbons (Fsp3) is 0. The van der Waals surface area contributed by atoms with E-state index in [2.05, 4.69) is 33.1 Å². The first-order chi connectivity index (χ1) is 6.15. The summed E-state index contributed by atoms with van der Waals surface area (Å²) in [5.41, 5.74) is 0.379. The first kappa shape index (κ1) is 10.5. The van der Waals surface area contributed by atoms with Gasteiger partial charge in [0, 0.05) is 9.50 Å². The van der Waals surface area contributed by atoms with Crippen LogP contribution in [0.4, 0.5) is 0 Å². The van der Waals surface area contributed by atoms with Gasteiger partial charge in [0.05, 0.1) is 10.7 Å². The Labute approximate surface area is 93.7 Å². The van der Waals surface area contributed by atoms with Crippen LogP contribution in [-0.4, -0.2) is 11.1 Å². The minimum Gasteiger partial charge on any atom is -0.266 e. The van der Waals surface area contributed by atoms with Gasteiger partial charge >= 0.3 is 0 Å². The summed E-state index contributed by atoms with van der Waals surface area (Å²) in [5, 5.41) is 2.49. The zero-order chi connectivity index (χ0) is 9.84. The Kier molecular flexibility index (Phi) is 3.75. The molecule has 1 amide bonds. The van der Waals surface area contributed by atoms with E-state index in [1.54, 1.807) is 12.1 Å². The molecule has 0 fully saturated rings. The number of amides is 1. The molecule has 1 rings (SSSR count). The Morgan fingerprint density at radius 2 is 2.31 bits per heavy atom. The van der Waals surface area contributed by atoms with Gasteiger partial charge in [-0.1, -0.05) is 11.6 Å². The van der Waals surface area contributed by atoms with Crippen LogP contribution in [0, 0.1) is 0 Å². The van der Waals surface area contributed by atoms with Crippen molar-refractivity contribution in [3.05, 3.63) is 33.3 Å². The van der Waals surface area contributed by atoms with E-state index < -0.39 is 5.91 Å². The second kappa shape index (κ2) is 4.63. The zero-order valence-corrected chi connectivity index (χ0v) is 9.41. The van der Waals surface area contributed by atoms with E-state index >= 15 is 0 Å². The average Bonchev–Trinajstić information content (AvgIpc) is 2.09. The van der Waals surface area contributed by atoms with E-state index in [0.29, 0.717) is 15.1 Å². The number of carbonyl (C=O) groups excluding carboxylic acids is 1. The van der Waals surface area contributed by atoms with Gasteiger partial charge in [0.2, 0.25) is 0 Å². The van der Waals surface area contributed by atoms with Crippen LogP contribution in [-0.2, 0) is 0 Å². The minimum atomic E-state index is -0.454. The molecule has 0 heterocycles. The van der Waals surface area contributed by atoms with Gasteiger partial charge < -0.3 is 0 Å². The van der Waals surface area contributed by atoms with E-state index in [4.69, 9.17) is 11.6 Å². The number of hydrogen-bond acceptors (Lipinski definition) is 2. The van der Waals surface area contributed by atoms with Crippen LogP contribution in [0.2, 0.25) is 5.02 Å². The summed E-state index contributed by atoms with van der Waals surface area (Å²) in [6, 6.07) is 4.86. The van der Waals surface area contributed by atoms with Crippen LogP contribution >= 0.6 is 39.7 Å². The maximum Gasteiger partial charge on any atom is 0.287 e. The molecule has 0 aliphatic heterocycles. The highest BCUT2D eigenvalue weighted by atomic mass is 79.9. The van der Waals surface area contributed by atoms with E-state index in [1.165, 1.54) is 6.07 Å². The van der Waals surface area contributed by atoms with Crippen LogP contribution in [0.3, 0.4) is 0 Å². The Bertz CT molecular complexity index is 401. The SMILES string of the molecule is O=C(N=C=S)c1cc(Cl)ccc1Br. The molecule has 1 aromatic rings. The molecule has 0 radical (unpaired) electrons. The van der Waals surface area contributed by atoms with Crippen molar-refractivity contribution in [1.29, 1.82) is 0 Å². The topological polar surface area (TPSA) is 29.4 Å². The molecule has 0 aliphatic rings. The third-order valence-corrected chi connectivity index (χ3v) is 2.32. The lowest BCUT2D eigenvalue weighted by molar-refractivity contribution is 0.100. The Morgan fingerprint density at radius 1 is 1.62 bits per heavy atom. The fourth-order valence-corrected chi connectivity index (χ4v) is 1.43. The minimum absolute atomic E-state index is 0.379. The highest BCUT2D eigenvalue weighted by Gasteiger charge is 2.08. The highest BCUT2D eigenvalue weighted by molar-refractivity contribution is 9.10. The van der Waals surface area contributed by atoms with E-state index in [9.17, 15) is 4.79 Å². The molecular formula is C8H3BrClNOS. The van der Waals surface area contributed by atoms with Gasteiger partial charge in [0.1, 0.15) is 0 Å². The molecule has 0 saturated heterocycles. The molecule has 0 spiro atoms. The second-order valence-electron chi connectivity index (χ2n) is 2.13. The van der Waals surface area contributed by atoms with Crippen molar-refractivity contribution >= 4 is 50.8 Å². The normalized spacial score (nSPS) is 9.08. The number of aliphatic imine (C=N–C) groups is 1. The number of halogens is 2. The van der Waals surface area contributed by atoms with Gasteiger partial charge in [-0.05, 0) is 46.3 Å². The molecule has 2 nitrogen and oxygen atoms in total. The van der Waals surface area contributed by atoms with Gasteiger partial charge in [-0.25, -0.2) is 0 Å².